The second-order valence-electron chi connectivity index (χ2n) is 3.62. The lowest BCUT2D eigenvalue weighted by molar-refractivity contribution is 0.184. The molecule has 3 nitrogen and oxygen atoms in total. The lowest BCUT2D eigenvalue weighted by Gasteiger charge is -2.28. The van der Waals surface area contributed by atoms with Crippen LogP contribution in [0.4, 0.5) is 0 Å². The lowest BCUT2D eigenvalue weighted by atomic mass is 9.95. The number of benzene rings is 1. The van der Waals surface area contributed by atoms with E-state index in [1.807, 2.05) is 12.1 Å². The predicted octanol–water partition coefficient (Wildman–Crippen LogP) is 1.57. The average Bonchev–Trinajstić information content (AvgIpc) is 2.08. The Morgan fingerprint density at radius 2 is 2.36 bits per heavy atom. The van der Waals surface area contributed by atoms with E-state index in [-0.39, 0.29) is 0 Å². The van der Waals surface area contributed by atoms with Crippen LogP contribution >= 0.6 is 0 Å². The molecule has 0 amide bonds. The quantitative estimate of drug-likeness (QED) is 0.765. The molecule has 0 saturated carbocycles. The van der Waals surface area contributed by atoms with Crippen LogP contribution in [0.2, 0.25) is 0 Å². The molecule has 1 aromatic carbocycles. The first-order chi connectivity index (χ1) is 6.81. The van der Waals surface area contributed by atoms with Crippen molar-refractivity contribution in [3.05, 3.63) is 29.3 Å². The summed E-state index contributed by atoms with van der Waals surface area (Å²) in [6.07, 6.45) is 1.10. The van der Waals surface area contributed by atoms with E-state index in [1.54, 1.807) is 13.2 Å². The molecule has 1 heterocycles. The molecule has 0 unspecified atom stereocenters. The SMILES string of the molecule is COCc1ccc(O)c([C@@H]2CCN2)c1. The van der Waals surface area contributed by atoms with Crippen LogP contribution in [0, 0.1) is 0 Å². The summed E-state index contributed by atoms with van der Waals surface area (Å²) in [6.45, 7) is 1.64. The third kappa shape index (κ3) is 1.74. The Morgan fingerprint density at radius 1 is 1.57 bits per heavy atom. The molecule has 76 valence electrons. The minimum absolute atomic E-state index is 0.326. The number of rotatable bonds is 3. The molecule has 2 rings (SSSR count). The predicted molar refractivity (Wildman–Crippen MR) is 54.2 cm³/mol. The van der Waals surface area contributed by atoms with E-state index in [1.165, 1.54) is 0 Å². The van der Waals surface area contributed by atoms with Gasteiger partial charge in [-0.3, -0.25) is 0 Å². The molecule has 1 aliphatic rings. The van der Waals surface area contributed by atoms with Crippen LogP contribution in [0.15, 0.2) is 18.2 Å². The Bertz CT molecular complexity index is 321. The van der Waals surface area contributed by atoms with Gasteiger partial charge in [0.2, 0.25) is 0 Å². The van der Waals surface area contributed by atoms with Crippen LogP contribution in [0.25, 0.3) is 0 Å². The first kappa shape index (κ1) is 9.49. The van der Waals surface area contributed by atoms with Gasteiger partial charge in [-0.2, -0.15) is 0 Å². The Kier molecular flexibility index (Phi) is 2.70. The lowest BCUT2D eigenvalue weighted by Crippen LogP contribution is -2.35. The van der Waals surface area contributed by atoms with Crippen molar-refractivity contribution in [2.45, 2.75) is 19.1 Å². The number of nitrogens with one attached hydrogen (secondary N) is 1. The maximum atomic E-state index is 9.66. The van der Waals surface area contributed by atoms with Gasteiger partial charge in [0.1, 0.15) is 5.75 Å². The highest BCUT2D eigenvalue weighted by Gasteiger charge is 2.21. The number of ether oxygens (including phenoxy) is 1. The van der Waals surface area contributed by atoms with Gasteiger partial charge in [0.25, 0.3) is 0 Å². The highest BCUT2D eigenvalue weighted by Crippen LogP contribution is 2.31. The number of aromatic hydroxyl groups is 1. The third-order valence-electron chi connectivity index (χ3n) is 2.60. The fraction of sp³-hybridized carbons (Fsp3) is 0.455. The third-order valence-corrected chi connectivity index (χ3v) is 2.60. The first-order valence-corrected chi connectivity index (χ1v) is 4.85. The molecule has 0 bridgehead atoms. The van der Waals surface area contributed by atoms with Crippen molar-refractivity contribution in [2.75, 3.05) is 13.7 Å². The van der Waals surface area contributed by atoms with Gasteiger partial charge in [-0.1, -0.05) is 6.07 Å². The summed E-state index contributed by atoms with van der Waals surface area (Å²) in [5.41, 5.74) is 2.10. The van der Waals surface area contributed by atoms with Gasteiger partial charge in [0.05, 0.1) is 6.61 Å². The molecule has 14 heavy (non-hydrogen) atoms. The van der Waals surface area contributed by atoms with Gasteiger partial charge in [0, 0.05) is 18.7 Å². The molecule has 2 N–H and O–H groups in total. The van der Waals surface area contributed by atoms with Crippen molar-refractivity contribution in [1.29, 1.82) is 0 Å². The number of phenolic OH excluding ortho intramolecular Hbond substituents is 1. The summed E-state index contributed by atoms with van der Waals surface area (Å²) < 4.78 is 5.05. The van der Waals surface area contributed by atoms with E-state index in [0.29, 0.717) is 18.4 Å². The van der Waals surface area contributed by atoms with Crippen molar-refractivity contribution >= 4 is 0 Å². The molecule has 0 aromatic heterocycles. The average molecular weight is 193 g/mol. The van der Waals surface area contributed by atoms with Crippen molar-refractivity contribution in [3.63, 3.8) is 0 Å². The normalized spacial score (nSPS) is 20.5. The molecule has 0 spiro atoms. The van der Waals surface area contributed by atoms with Crippen LogP contribution < -0.4 is 5.32 Å². The number of hydrogen-bond donors (Lipinski definition) is 2. The van der Waals surface area contributed by atoms with Crippen LogP contribution in [0.3, 0.4) is 0 Å². The van der Waals surface area contributed by atoms with E-state index in [9.17, 15) is 5.11 Å². The van der Waals surface area contributed by atoms with E-state index >= 15 is 0 Å². The van der Waals surface area contributed by atoms with Crippen molar-refractivity contribution in [2.24, 2.45) is 0 Å². The summed E-state index contributed by atoms with van der Waals surface area (Å²) in [4.78, 5) is 0. The first-order valence-electron chi connectivity index (χ1n) is 4.85. The molecule has 1 fully saturated rings. The largest absolute Gasteiger partial charge is 0.508 e. The molecular weight excluding hydrogens is 178 g/mol. The maximum Gasteiger partial charge on any atom is 0.120 e. The highest BCUT2D eigenvalue weighted by atomic mass is 16.5. The summed E-state index contributed by atoms with van der Waals surface area (Å²) in [7, 11) is 1.67. The fourth-order valence-electron chi connectivity index (χ4n) is 1.69. The van der Waals surface area contributed by atoms with E-state index < -0.39 is 0 Å². The van der Waals surface area contributed by atoms with Crippen LogP contribution in [0.1, 0.15) is 23.6 Å². The van der Waals surface area contributed by atoms with Gasteiger partial charge in [-0.05, 0) is 30.7 Å². The van der Waals surface area contributed by atoms with E-state index in [2.05, 4.69) is 5.32 Å². The molecule has 1 atom stereocenters. The summed E-state index contributed by atoms with van der Waals surface area (Å²) in [5.74, 6) is 0.377. The molecule has 1 aliphatic heterocycles. The number of methoxy groups -OCH3 is 1. The Hall–Kier alpha value is -1.06. The molecule has 0 aliphatic carbocycles. The minimum atomic E-state index is 0.326. The minimum Gasteiger partial charge on any atom is -0.508 e. The maximum absolute atomic E-state index is 9.66. The van der Waals surface area contributed by atoms with Crippen LogP contribution in [-0.4, -0.2) is 18.8 Å². The molecular formula is C11H15NO2. The van der Waals surface area contributed by atoms with Crippen LogP contribution in [-0.2, 0) is 11.3 Å². The zero-order chi connectivity index (χ0) is 9.97. The Balaban J connectivity index is 2.22. The van der Waals surface area contributed by atoms with Gasteiger partial charge < -0.3 is 15.2 Å². The van der Waals surface area contributed by atoms with Gasteiger partial charge in [-0.25, -0.2) is 0 Å². The van der Waals surface area contributed by atoms with E-state index in [0.717, 1.165) is 24.1 Å². The van der Waals surface area contributed by atoms with Crippen LogP contribution in [0.5, 0.6) is 5.75 Å². The highest BCUT2D eigenvalue weighted by molar-refractivity contribution is 5.39. The van der Waals surface area contributed by atoms with Gasteiger partial charge in [0.15, 0.2) is 0 Å². The van der Waals surface area contributed by atoms with Gasteiger partial charge >= 0.3 is 0 Å². The standard InChI is InChI=1S/C11H15NO2/c1-14-7-8-2-3-11(13)9(6-8)10-4-5-12-10/h2-3,6,10,12-13H,4-5,7H2,1H3/t10-/m0/s1. The number of hydrogen-bond acceptors (Lipinski definition) is 3. The smallest absolute Gasteiger partial charge is 0.120 e. The van der Waals surface area contributed by atoms with Crippen molar-refractivity contribution in [1.82, 2.24) is 5.32 Å². The molecule has 1 aromatic rings. The van der Waals surface area contributed by atoms with Crippen molar-refractivity contribution in [3.8, 4) is 5.75 Å². The van der Waals surface area contributed by atoms with E-state index in [4.69, 9.17) is 4.74 Å². The monoisotopic (exact) mass is 193 g/mol. The fourth-order valence-corrected chi connectivity index (χ4v) is 1.69. The summed E-state index contributed by atoms with van der Waals surface area (Å²) in [6, 6.07) is 5.96. The molecule has 1 saturated heterocycles. The molecule has 0 radical (unpaired) electrons. The Morgan fingerprint density at radius 3 is 2.93 bits per heavy atom. The Labute approximate surface area is 83.7 Å². The molecule has 3 heteroatoms. The topological polar surface area (TPSA) is 41.5 Å². The summed E-state index contributed by atoms with van der Waals surface area (Å²) >= 11 is 0. The van der Waals surface area contributed by atoms with Crippen molar-refractivity contribution < 1.29 is 9.84 Å². The second-order valence-corrected chi connectivity index (χ2v) is 3.62. The summed E-state index contributed by atoms with van der Waals surface area (Å²) in [5, 5.41) is 12.9. The zero-order valence-corrected chi connectivity index (χ0v) is 8.29. The second kappa shape index (κ2) is 3.98. The zero-order valence-electron chi connectivity index (χ0n) is 8.29. The number of phenols is 1. The van der Waals surface area contributed by atoms with Gasteiger partial charge in [-0.15, -0.1) is 0 Å².